The van der Waals surface area contributed by atoms with Crippen LogP contribution in [0.1, 0.15) is 12.0 Å². The van der Waals surface area contributed by atoms with Crippen molar-refractivity contribution in [1.82, 2.24) is 0 Å². The third kappa shape index (κ3) is 4.02. The van der Waals surface area contributed by atoms with E-state index in [-0.39, 0.29) is 5.75 Å². The van der Waals surface area contributed by atoms with Crippen LogP contribution in [0.4, 0.5) is 13.2 Å². The fourth-order valence-electron chi connectivity index (χ4n) is 1.98. The molecule has 0 aliphatic rings. The van der Waals surface area contributed by atoms with Crippen molar-refractivity contribution in [3.8, 4) is 16.9 Å². The Balaban J connectivity index is 2.28. The molecule has 2 aromatic carbocycles. The van der Waals surface area contributed by atoms with Crippen LogP contribution in [-0.2, 0) is 6.42 Å². The second-order valence-corrected chi connectivity index (χ2v) is 4.38. The summed E-state index contributed by atoms with van der Waals surface area (Å²) in [6.45, 7) is 3.79. The minimum Gasteiger partial charge on any atom is -0.406 e. The molecule has 1 nitrogen and oxygen atoms in total. The molecule has 0 fully saturated rings. The summed E-state index contributed by atoms with van der Waals surface area (Å²) in [7, 11) is 0. The minimum absolute atomic E-state index is 0.211. The second-order valence-electron chi connectivity index (χ2n) is 4.38. The molecule has 20 heavy (non-hydrogen) atoms. The standard InChI is InChI=1S/C16H14F3O/c1-2-5-12-6-3-7-13(10-12)14-8-4-9-15(11-14)20-16(17,18)19/h3-4,6-11H,1-2,5H2. The number of alkyl halides is 3. The highest BCUT2D eigenvalue weighted by Crippen LogP contribution is 2.28. The molecule has 0 bridgehead atoms. The van der Waals surface area contributed by atoms with E-state index in [1.165, 1.54) is 12.1 Å². The summed E-state index contributed by atoms with van der Waals surface area (Å²) < 4.78 is 40.6. The molecule has 0 aromatic heterocycles. The molecule has 0 N–H and O–H groups in total. The van der Waals surface area contributed by atoms with Crippen LogP contribution in [0.2, 0.25) is 0 Å². The highest BCUT2D eigenvalue weighted by atomic mass is 19.4. The SMILES string of the molecule is [CH2]CCc1cccc(-c2cccc(OC(F)(F)F)c2)c1. The predicted molar refractivity (Wildman–Crippen MR) is 72.2 cm³/mol. The van der Waals surface area contributed by atoms with Crippen molar-refractivity contribution in [3.63, 3.8) is 0 Å². The van der Waals surface area contributed by atoms with Crippen molar-refractivity contribution in [2.24, 2.45) is 0 Å². The van der Waals surface area contributed by atoms with Gasteiger partial charge in [0.2, 0.25) is 0 Å². The summed E-state index contributed by atoms with van der Waals surface area (Å²) in [4.78, 5) is 0. The van der Waals surface area contributed by atoms with E-state index < -0.39 is 6.36 Å². The summed E-state index contributed by atoms with van der Waals surface area (Å²) in [6, 6.07) is 13.7. The van der Waals surface area contributed by atoms with Crippen LogP contribution in [0.15, 0.2) is 48.5 Å². The zero-order valence-electron chi connectivity index (χ0n) is 10.8. The smallest absolute Gasteiger partial charge is 0.406 e. The Morgan fingerprint density at radius 2 is 1.60 bits per heavy atom. The maximum absolute atomic E-state index is 12.2. The van der Waals surface area contributed by atoms with Crippen molar-refractivity contribution in [2.75, 3.05) is 0 Å². The van der Waals surface area contributed by atoms with E-state index in [0.717, 1.165) is 24.0 Å². The number of hydrogen-bond donors (Lipinski definition) is 0. The van der Waals surface area contributed by atoms with Gasteiger partial charge in [-0.15, -0.1) is 13.2 Å². The molecule has 0 aliphatic carbocycles. The lowest BCUT2D eigenvalue weighted by Gasteiger charge is -2.10. The molecule has 0 heterocycles. The van der Waals surface area contributed by atoms with Crippen LogP contribution in [0.5, 0.6) is 5.75 Å². The average Bonchev–Trinajstić information content (AvgIpc) is 2.38. The van der Waals surface area contributed by atoms with Crippen LogP contribution in [0.3, 0.4) is 0 Å². The van der Waals surface area contributed by atoms with Gasteiger partial charge in [0.05, 0.1) is 0 Å². The number of aryl methyl sites for hydroxylation is 1. The third-order valence-corrected chi connectivity index (χ3v) is 2.79. The summed E-state index contributed by atoms with van der Waals surface area (Å²) >= 11 is 0. The van der Waals surface area contributed by atoms with Crippen molar-refractivity contribution in [3.05, 3.63) is 61.0 Å². The molecular formula is C16H14F3O. The summed E-state index contributed by atoms with van der Waals surface area (Å²) in [6.07, 6.45) is -3.05. The molecule has 0 unspecified atom stereocenters. The fraction of sp³-hybridized carbons (Fsp3) is 0.188. The average molecular weight is 279 g/mol. The molecule has 0 aliphatic heterocycles. The zero-order valence-corrected chi connectivity index (χ0v) is 10.8. The van der Waals surface area contributed by atoms with E-state index in [1.807, 2.05) is 24.3 Å². The predicted octanol–water partition coefficient (Wildman–Crippen LogP) is 5.02. The topological polar surface area (TPSA) is 9.23 Å². The van der Waals surface area contributed by atoms with Gasteiger partial charge in [-0.25, -0.2) is 0 Å². The maximum Gasteiger partial charge on any atom is 0.573 e. The molecule has 105 valence electrons. The van der Waals surface area contributed by atoms with E-state index >= 15 is 0 Å². The first kappa shape index (κ1) is 14.4. The highest BCUT2D eigenvalue weighted by Gasteiger charge is 2.31. The molecule has 2 aromatic rings. The Morgan fingerprint density at radius 1 is 0.950 bits per heavy atom. The molecule has 0 saturated carbocycles. The van der Waals surface area contributed by atoms with Crippen LogP contribution >= 0.6 is 0 Å². The lowest BCUT2D eigenvalue weighted by Crippen LogP contribution is -2.17. The lowest BCUT2D eigenvalue weighted by molar-refractivity contribution is -0.274. The molecule has 1 radical (unpaired) electrons. The molecule has 0 amide bonds. The lowest BCUT2D eigenvalue weighted by atomic mass is 10.0. The van der Waals surface area contributed by atoms with Gasteiger partial charge in [0.15, 0.2) is 0 Å². The van der Waals surface area contributed by atoms with E-state index in [4.69, 9.17) is 0 Å². The van der Waals surface area contributed by atoms with Crippen molar-refractivity contribution < 1.29 is 17.9 Å². The Bertz CT molecular complexity index is 576. The van der Waals surface area contributed by atoms with Crippen LogP contribution < -0.4 is 4.74 Å². The largest absolute Gasteiger partial charge is 0.573 e. The van der Waals surface area contributed by atoms with E-state index in [0.29, 0.717) is 5.56 Å². The Hall–Kier alpha value is -1.97. The molecule has 0 saturated heterocycles. The number of hydrogen-bond acceptors (Lipinski definition) is 1. The second kappa shape index (κ2) is 5.99. The first-order valence-corrected chi connectivity index (χ1v) is 6.22. The summed E-state index contributed by atoms with van der Waals surface area (Å²) in [5, 5.41) is 0. The van der Waals surface area contributed by atoms with Gasteiger partial charge in [-0.3, -0.25) is 0 Å². The van der Waals surface area contributed by atoms with Gasteiger partial charge in [-0.1, -0.05) is 43.3 Å². The quantitative estimate of drug-likeness (QED) is 0.763. The molecule has 0 atom stereocenters. The Morgan fingerprint density at radius 3 is 2.25 bits per heavy atom. The number of benzene rings is 2. The maximum atomic E-state index is 12.2. The van der Waals surface area contributed by atoms with Gasteiger partial charge in [0.25, 0.3) is 0 Å². The molecule has 0 spiro atoms. The van der Waals surface area contributed by atoms with Gasteiger partial charge in [-0.05, 0) is 41.7 Å². The molecule has 4 heteroatoms. The van der Waals surface area contributed by atoms with Crippen LogP contribution in [0.25, 0.3) is 11.1 Å². The number of rotatable bonds is 4. The first-order valence-electron chi connectivity index (χ1n) is 6.22. The first-order chi connectivity index (χ1) is 9.48. The fourth-order valence-corrected chi connectivity index (χ4v) is 1.98. The van der Waals surface area contributed by atoms with Gasteiger partial charge in [0, 0.05) is 0 Å². The van der Waals surface area contributed by atoms with Crippen LogP contribution in [0, 0.1) is 6.92 Å². The van der Waals surface area contributed by atoms with Gasteiger partial charge in [0.1, 0.15) is 5.75 Å². The molecular weight excluding hydrogens is 265 g/mol. The summed E-state index contributed by atoms with van der Waals surface area (Å²) in [5.74, 6) is -0.211. The Kier molecular flexibility index (Phi) is 4.32. The third-order valence-electron chi connectivity index (χ3n) is 2.79. The van der Waals surface area contributed by atoms with Crippen molar-refractivity contribution in [1.29, 1.82) is 0 Å². The number of halogens is 3. The Labute approximate surface area is 116 Å². The van der Waals surface area contributed by atoms with Gasteiger partial charge >= 0.3 is 6.36 Å². The van der Waals surface area contributed by atoms with Crippen molar-refractivity contribution >= 4 is 0 Å². The normalized spacial score (nSPS) is 11.4. The summed E-state index contributed by atoms with van der Waals surface area (Å²) in [5.41, 5.74) is 2.67. The van der Waals surface area contributed by atoms with Gasteiger partial charge in [-0.2, -0.15) is 0 Å². The number of ether oxygens (including phenoxy) is 1. The van der Waals surface area contributed by atoms with E-state index in [1.54, 1.807) is 12.1 Å². The van der Waals surface area contributed by atoms with Crippen LogP contribution in [-0.4, -0.2) is 6.36 Å². The van der Waals surface area contributed by atoms with Crippen molar-refractivity contribution in [2.45, 2.75) is 19.2 Å². The van der Waals surface area contributed by atoms with E-state index in [2.05, 4.69) is 11.7 Å². The highest BCUT2D eigenvalue weighted by molar-refractivity contribution is 5.65. The molecule has 2 rings (SSSR count). The zero-order chi connectivity index (χ0) is 14.6. The minimum atomic E-state index is -4.67. The van der Waals surface area contributed by atoms with Gasteiger partial charge < -0.3 is 4.74 Å². The monoisotopic (exact) mass is 279 g/mol. The van der Waals surface area contributed by atoms with E-state index in [9.17, 15) is 13.2 Å².